The summed E-state index contributed by atoms with van der Waals surface area (Å²) in [4.78, 5) is 26.2. The van der Waals surface area contributed by atoms with E-state index in [2.05, 4.69) is 15.5 Å². The number of hydrogen-bond acceptors (Lipinski definition) is 5. The minimum Gasteiger partial charge on any atom is -0.333 e. The third-order valence-corrected chi connectivity index (χ3v) is 5.13. The number of hydrogen-bond donors (Lipinski definition) is 1. The van der Waals surface area contributed by atoms with Gasteiger partial charge in [0, 0.05) is 18.7 Å². The van der Waals surface area contributed by atoms with E-state index in [1.54, 1.807) is 0 Å². The third-order valence-electron chi connectivity index (χ3n) is 4.10. The Morgan fingerprint density at radius 2 is 2.04 bits per heavy atom. The van der Waals surface area contributed by atoms with Crippen molar-refractivity contribution >= 4 is 28.8 Å². The molecule has 1 atom stereocenters. The van der Waals surface area contributed by atoms with Crippen LogP contribution < -0.4 is 5.32 Å². The van der Waals surface area contributed by atoms with Gasteiger partial charge >= 0.3 is 0 Å². The minimum absolute atomic E-state index is 0.0455. The number of amides is 2. The predicted molar refractivity (Wildman–Crippen MR) is 93.0 cm³/mol. The fourth-order valence-electron chi connectivity index (χ4n) is 2.81. The molecule has 126 valence electrons. The summed E-state index contributed by atoms with van der Waals surface area (Å²) in [6.07, 6.45) is 2.32. The molecule has 0 aliphatic carbocycles. The molecule has 0 bridgehead atoms. The van der Waals surface area contributed by atoms with Crippen molar-refractivity contribution in [3.8, 4) is 0 Å². The van der Waals surface area contributed by atoms with Crippen LogP contribution in [0.5, 0.6) is 0 Å². The summed E-state index contributed by atoms with van der Waals surface area (Å²) in [7, 11) is 0. The van der Waals surface area contributed by atoms with Crippen molar-refractivity contribution in [1.82, 2.24) is 15.1 Å². The zero-order valence-corrected chi connectivity index (χ0v) is 14.6. The Kier molecular flexibility index (Phi) is 4.89. The van der Waals surface area contributed by atoms with Gasteiger partial charge in [-0.1, -0.05) is 36.0 Å². The summed E-state index contributed by atoms with van der Waals surface area (Å²) in [6, 6.07) is 7.54. The van der Waals surface area contributed by atoms with Crippen molar-refractivity contribution < 1.29 is 9.59 Å². The number of aromatic nitrogens is 2. The molecule has 1 aromatic heterocycles. The van der Waals surface area contributed by atoms with Crippen LogP contribution in [-0.4, -0.2) is 33.5 Å². The topological polar surface area (TPSA) is 75.2 Å². The normalized spacial score (nSPS) is 17.1. The van der Waals surface area contributed by atoms with E-state index in [0.717, 1.165) is 35.6 Å². The monoisotopic (exact) mass is 344 g/mol. The van der Waals surface area contributed by atoms with Crippen molar-refractivity contribution in [3.63, 3.8) is 0 Å². The van der Waals surface area contributed by atoms with Crippen LogP contribution in [0.1, 0.15) is 52.6 Å². The first-order valence-corrected chi connectivity index (χ1v) is 8.91. The van der Waals surface area contributed by atoms with Gasteiger partial charge in [0.15, 0.2) is 0 Å². The number of carbonyl (C=O) groups is 2. The van der Waals surface area contributed by atoms with Crippen molar-refractivity contribution in [2.75, 3.05) is 11.9 Å². The fraction of sp³-hybridized carbons (Fsp3) is 0.412. The van der Waals surface area contributed by atoms with Gasteiger partial charge in [0.25, 0.3) is 5.91 Å². The fourth-order valence-corrected chi connectivity index (χ4v) is 3.69. The highest BCUT2D eigenvalue weighted by atomic mass is 32.1. The standard InChI is InChI=1S/C17H20N4O2S/c1-3-14(22)21-10-4-5-13(21)16-19-20-17(24-16)15(23)18-12-8-6-11(2)7-9-12/h6-9,13H,3-5,10H2,1-2H3,(H,18,23). The molecule has 24 heavy (non-hydrogen) atoms. The molecule has 3 rings (SSSR count). The van der Waals surface area contributed by atoms with E-state index in [1.807, 2.05) is 43.0 Å². The first-order chi connectivity index (χ1) is 11.6. The molecule has 6 nitrogen and oxygen atoms in total. The number of rotatable bonds is 4. The third kappa shape index (κ3) is 3.46. The summed E-state index contributed by atoms with van der Waals surface area (Å²) in [5.41, 5.74) is 1.86. The number of carbonyl (C=O) groups excluding carboxylic acids is 2. The van der Waals surface area contributed by atoms with Gasteiger partial charge in [-0.25, -0.2) is 0 Å². The Morgan fingerprint density at radius 3 is 2.75 bits per heavy atom. The number of nitrogens with one attached hydrogen (secondary N) is 1. The van der Waals surface area contributed by atoms with E-state index >= 15 is 0 Å². The summed E-state index contributed by atoms with van der Waals surface area (Å²) >= 11 is 1.26. The first-order valence-electron chi connectivity index (χ1n) is 8.09. The molecule has 1 aliphatic rings. The average Bonchev–Trinajstić information content (AvgIpc) is 3.24. The molecule has 1 aliphatic heterocycles. The molecule has 0 spiro atoms. The maximum Gasteiger partial charge on any atom is 0.286 e. The van der Waals surface area contributed by atoms with Crippen molar-refractivity contribution in [3.05, 3.63) is 39.8 Å². The summed E-state index contributed by atoms with van der Waals surface area (Å²) in [5, 5.41) is 12.1. The number of nitrogens with zero attached hydrogens (tertiary/aromatic N) is 3. The highest BCUT2D eigenvalue weighted by Gasteiger charge is 2.32. The van der Waals surface area contributed by atoms with Gasteiger partial charge in [-0.05, 0) is 31.9 Å². The number of anilines is 1. The molecule has 1 saturated heterocycles. The highest BCUT2D eigenvalue weighted by molar-refractivity contribution is 7.13. The van der Waals surface area contributed by atoms with E-state index in [9.17, 15) is 9.59 Å². The van der Waals surface area contributed by atoms with E-state index in [1.165, 1.54) is 11.3 Å². The Bertz CT molecular complexity index is 741. The molecule has 0 saturated carbocycles. The highest BCUT2D eigenvalue weighted by Crippen LogP contribution is 2.34. The van der Waals surface area contributed by atoms with Crippen LogP contribution in [0.2, 0.25) is 0 Å². The molecule has 2 aromatic rings. The lowest BCUT2D eigenvalue weighted by Crippen LogP contribution is -2.29. The lowest BCUT2D eigenvalue weighted by molar-refractivity contribution is -0.131. The summed E-state index contributed by atoms with van der Waals surface area (Å²) in [6.45, 7) is 4.60. The molecular weight excluding hydrogens is 324 g/mol. The molecule has 2 amide bonds. The average molecular weight is 344 g/mol. The van der Waals surface area contributed by atoms with E-state index in [-0.39, 0.29) is 17.9 Å². The summed E-state index contributed by atoms with van der Waals surface area (Å²) < 4.78 is 0. The quantitative estimate of drug-likeness (QED) is 0.924. The minimum atomic E-state index is -0.269. The zero-order valence-electron chi connectivity index (χ0n) is 13.8. The molecule has 1 unspecified atom stereocenters. The molecule has 1 aromatic carbocycles. The second-order valence-electron chi connectivity index (χ2n) is 5.86. The smallest absolute Gasteiger partial charge is 0.286 e. The maximum absolute atomic E-state index is 12.3. The second-order valence-corrected chi connectivity index (χ2v) is 6.87. The van der Waals surface area contributed by atoms with Gasteiger partial charge in [0.2, 0.25) is 10.9 Å². The van der Waals surface area contributed by atoms with Crippen molar-refractivity contribution in [2.45, 2.75) is 39.2 Å². The van der Waals surface area contributed by atoms with Gasteiger partial charge in [0.05, 0.1) is 6.04 Å². The molecule has 1 N–H and O–H groups in total. The van der Waals surface area contributed by atoms with Crippen LogP contribution in [0.15, 0.2) is 24.3 Å². The molecule has 2 heterocycles. The van der Waals surface area contributed by atoms with Gasteiger partial charge in [-0.15, -0.1) is 10.2 Å². The van der Waals surface area contributed by atoms with Crippen LogP contribution in [-0.2, 0) is 4.79 Å². The first kappa shape index (κ1) is 16.6. The van der Waals surface area contributed by atoms with Crippen LogP contribution >= 0.6 is 11.3 Å². The molecule has 1 fully saturated rings. The van der Waals surface area contributed by atoms with Crippen LogP contribution in [0.25, 0.3) is 0 Å². The number of aryl methyl sites for hydroxylation is 1. The molecule has 0 radical (unpaired) electrons. The number of benzene rings is 1. The Morgan fingerprint density at radius 1 is 1.29 bits per heavy atom. The van der Waals surface area contributed by atoms with Gasteiger partial charge in [0.1, 0.15) is 5.01 Å². The Labute approximate surface area is 144 Å². The predicted octanol–water partition coefficient (Wildman–Crippen LogP) is 3.17. The van der Waals surface area contributed by atoms with Gasteiger partial charge in [-0.2, -0.15) is 0 Å². The van der Waals surface area contributed by atoms with E-state index in [0.29, 0.717) is 11.4 Å². The van der Waals surface area contributed by atoms with E-state index in [4.69, 9.17) is 0 Å². The van der Waals surface area contributed by atoms with Crippen molar-refractivity contribution in [1.29, 1.82) is 0 Å². The molecular formula is C17H20N4O2S. The SMILES string of the molecule is CCC(=O)N1CCCC1c1nnc(C(=O)Nc2ccc(C)cc2)s1. The maximum atomic E-state index is 12.3. The Balaban J connectivity index is 1.71. The lowest BCUT2D eigenvalue weighted by Gasteiger charge is -2.21. The number of likely N-dealkylation sites (tertiary alicyclic amines) is 1. The van der Waals surface area contributed by atoms with Gasteiger partial charge < -0.3 is 10.2 Å². The van der Waals surface area contributed by atoms with Crippen LogP contribution in [0, 0.1) is 6.92 Å². The second kappa shape index (κ2) is 7.09. The van der Waals surface area contributed by atoms with Crippen LogP contribution in [0.4, 0.5) is 5.69 Å². The van der Waals surface area contributed by atoms with E-state index < -0.39 is 0 Å². The summed E-state index contributed by atoms with van der Waals surface area (Å²) in [5.74, 6) is -0.146. The largest absolute Gasteiger partial charge is 0.333 e. The van der Waals surface area contributed by atoms with Crippen LogP contribution in [0.3, 0.4) is 0 Å². The van der Waals surface area contributed by atoms with Crippen molar-refractivity contribution in [2.24, 2.45) is 0 Å². The Hall–Kier alpha value is -2.28. The zero-order chi connectivity index (χ0) is 17.1. The lowest BCUT2D eigenvalue weighted by atomic mass is 10.2. The van der Waals surface area contributed by atoms with Gasteiger partial charge in [-0.3, -0.25) is 9.59 Å². The molecule has 7 heteroatoms.